The molecule has 2 aliphatic rings. The van der Waals surface area contributed by atoms with Crippen molar-refractivity contribution in [2.75, 3.05) is 19.6 Å². The van der Waals surface area contributed by atoms with Crippen molar-refractivity contribution in [1.29, 1.82) is 0 Å². The first kappa shape index (κ1) is 12.2. The molecule has 2 atom stereocenters. The lowest BCUT2D eigenvalue weighted by Gasteiger charge is -2.24. The molecule has 1 saturated carbocycles. The summed E-state index contributed by atoms with van der Waals surface area (Å²) in [6, 6.07) is 4.53. The molecule has 2 heterocycles. The fourth-order valence-corrected chi connectivity index (χ4v) is 3.40. The van der Waals surface area contributed by atoms with E-state index in [1.54, 1.807) is 6.26 Å². The van der Waals surface area contributed by atoms with Crippen molar-refractivity contribution in [2.45, 2.75) is 38.6 Å². The Morgan fingerprint density at radius 1 is 1.50 bits per heavy atom. The molecule has 1 saturated heterocycles. The van der Waals surface area contributed by atoms with Gasteiger partial charge in [-0.25, -0.2) is 0 Å². The van der Waals surface area contributed by atoms with Crippen LogP contribution in [-0.2, 0) is 6.42 Å². The summed E-state index contributed by atoms with van der Waals surface area (Å²) in [7, 11) is 0. The van der Waals surface area contributed by atoms with E-state index in [4.69, 9.17) is 4.42 Å². The molecule has 0 amide bonds. The Morgan fingerprint density at radius 3 is 3.06 bits per heavy atom. The average Bonchev–Trinajstić information content (AvgIpc) is 2.80. The SMILES string of the molecule is CC(Cc1ccco1)NCC1CC12CCNCC2. The Kier molecular flexibility index (Phi) is 3.44. The van der Waals surface area contributed by atoms with Crippen molar-refractivity contribution < 1.29 is 4.42 Å². The van der Waals surface area contributed by atoms with Crippen LogP contribution in [0.3, 0.4) is 0 Å². The van der Waals surface area contributed by atoms with Crippen LogP contribution in [0.25, 0.3) is 0 Å². The smallest absolute Gasteiger partial charge is 0.105 e. The van der Waals surface area contributed by atoms with Crippen LogP contribution in [0, 0.1) is 11.3 Å². The highest BCUT2D eigenvalue weighted by molar-refractivity contribution is 5.05. The van der Waals surface area contributed by atoms with Gasteiger partial charge in [-0.15, -0.1) is 0 Å². The minimum atomic E-state index is 0.510. The number of rotatable bonds is 5. The molecule has 0 radical (unpaired) electrons. The van der Waals surface area contributed by atoms with Crippen LogP contribution in [0.5, 0.6) is 0 Å². The van der Waals surface area contributed by atoms with Gasteiger partial charge in [-0.1, -0.05) is 0 Å². The Hall–Kier alpha value is -0.800. The van der Waals surface area contributed by atoms with Gasteiger partial charge in [0, 0.05) is 12.5 Å². The summed E-state index contributed by atoms with van der Waals surface area (Å²) in [5.41, 5.74) is 0.697. The Balaban J connectivity index is 1.40. The first-order valence-electron chi connectivity index (χ1n) is 7.25. The van der Waals surface area contributed by atoms with Crippen LogP contribution in [-0.4, -0.2) is 25.7 Å². The normalized spacial score (nSPS) is 27.3. The van der Waals surface area contributed by atoms with Crippen molar-refractivity contribution in [3.05, 3.63) is 24.2 Å². The summed E-state index contributed by atoms with van der Waals surface area (Å²) < 4.78 is 5.39. The molecule has 2 unspecified atom stereocenters. The average molecular weight is 248 g/mol. The summed E-state index contributed by atoms with van der Waals surface area (Å²) in [4.78, 5) is 0. The standard InChI is InChI=1S/C15H24N2O/c1-12(9-14-3-2-8-18-14)17-11-13-10-15(13)4-6-16-7-5-15/h2-3,8,12-13,16-17H,4-7,9-11H2,1H3. The van der Waals surface area contributed by atoms with E-state index in [2.05, 4.69) is 23.6 Å². The molecule has 3 rings (SSSR count). The molecule has 100 valence electrons. The van der Waals surface area contributed by atoms with Crippen LogP contribution in [0.1, 0.15) is 31.9 Å². The van der Waals surface area contributed by atoms with E-state index in [9.17, 15) is 0 Å². The molecule has 0 aromatic carbocycles. The first-order chi connectivity index (χ1) is 8.78. The van der Waals surface area contributed by atoms with Gasteiger partial charge in [0.05, 0.1) is 6.26 Å². The Bertz CT molecular complexity index is 368. The van der Waals surface area contributed by atoms with Crippen LogP contribution in [0.15, 0.2) is 22.8 Å². The summed E-state index contributed by atoms with van der Waals surface area (Å²) in [6.45, 7) is 5.87. The minimum absolute atomic E-state index is 0.510. The lowest BCUT2D eigenvalue weighted by molar-refractivity contribution is 0.314. The lowest BCUT2D eigenvalue weighted by atomic mass is 9.92. The zero-order valence-corrected chi connectivity index (χ0v) is 11.2. The van der Waals surface area contributed by atoms with Crippen molar-refractivity contribution in [2.24, 2.45) is 11.3 Å². The molecule has 3 nitrogen and oxygen atoms in total. The van der Waals surface area contributed by atoms with E-state index in [1.165, 1.54) is 38.9 Å². The van der Waals surface area contributed by atoms with E-state index in [-0.39, 0.29) is 0 Å². The number of hydrogen-bond donors (Lipinski definition) is 2. The minimum Gasteiger partial charge on any atom is -0.469 e. The maximum absolute atomic E-state index is 5.39. The largest absolute Gasteiger partial charge is 0.469 e. The molecule has 1 aliphatic heterocycles. The molecule has 1 spiro atoms. The molecule has 2 fully saturated rings. The lowest BCUT2D eigenvalue weighted by Crippen LogP contribution is -2.34. The fourth-order valence-electron chi connectivity index (χ4n) is 3.40. The molecule has 1 aliphatic carbocycles. The third-order valence-corrected chi connectivity index (χ3v) is 4.76. The maximum atomic E-state index is 5.39. The van der Waals surface area contributed by atoms with E-state index >= 15 is 0 Å². The molecule has 1 aromatic rings. The zero-order chi connectivity index (χ0) is 12.4. The summed E-state index contributed by atoms with van der Waals surface area (Å²) in [6.07, 6.45) is 6.95. The van der Waals surface area contributed by atoms with Crippen molar-refractivity contribution >= 4 is 0 Å². The molecular weight excluding hydrogens is 224 g/mol. The molecule has 0 bridgehead atoms. The summed E-state index contributed by atoms with van der Waals surface area (Å²) in [5.74, 6) is 2.00. The molecular formula is C15H24N2O. The van der Waals surface area contributed by atoms with Crippen LogP contribution >= 0.6 is 0 Å². The van der Waals surface area contributed by atoms with Gasteiger partial charge in [0.25, 0.3) is 0 Å². The van der Waals surface area contributed by atoms with E-state index < -0.39 is 0 Å². The van der Waals surface area contributed by atoms with Crippen molar-refractivity contribution in [3.63, 3.8) is 0 Å². The van der Waals surface area contributed by atoms with Gasteiger partial charge < -0.3 is 15.1 Å². The highest BCUT2D eigenvalue weighted by atomic mass is 16.3. The quantitative estimate of drug-likeness (QED) is 0.839. The third-order valence-electron chi connectivity index (χ3n) is 4.76. The third kappa shape index (κ3) is 2.62. The second-order valence-corrected chi connectivity index (χ2v) is 6.11. The van der Waals surface area contributed by atoms with Gasteiger partial charge in [0.15, 0.2) is 0 Å². The van der Waals surface area contributed by atoms with Crippen molar-refractivity contribution in [1.82, 2.24) is 10.6 Å². The Labute approximate surface area is 109 Å². The number of furan rings is 1. The predicted molar refractivity (Wildman–Crippen MR) is 72.5 cm³/mol. The molecule has 2 N–H and O–H groups in total. The van der Waals surface area contributed by atoms with Crippen molar-refractivity contribution in [3.8, 4) is 0 Å². The van der Waals surface area contributed by atoms with Gasteiger partial charge in [0.1, 0.15) is 5.76 Å². The highest BCUT2D eigenvalue weighted by Gasteiger charge is 2.53. The van der Waals surface area contributed by atoms with Gasteiger partial charge in [-0.05, 0) is 69.3 Å². The summed E-state index contributed by atoms with van der Waals surface area (Å²) in [5, 5.41) is 7.14. The predicted octanol–water partition coefficient (Wildman–Crippen LogP) is 2.19. The van der Waals surface area contributed by atoms with E-state index in [0.29, 0.717) is 11.5 Å². The molecule has 3 heteroatoms. The van der Waals surface area contributed by atoms with Gasteiger partial charge in [-0.3, -0.25) is 0 Å². The number of piperidine rings is 1. The maximum Gasteiger partial charge on any atom is 0.105 e. The van der Waals surface area contributed by atoms with Gasteiger partial charge >= 0.3 is 0 Å². The van der Waals surface area contributed by atoms with E-state index in [1.807, 2.05) is 6.07 Å². The topological polar surface area (TPSA) is 37.2 Å². The molecule has 1 aromatic heterocycles. The highest BCUT2D eigenvalue weighted by Crippen LogP contribution is 2.58. The molecule has 18 heavy (non-hydrogen) atoms. The second kappa shape index (κ2) is 5.06. The fraction of sp³-hybridized carbons (Fsp3) is 0.733. The van der Waals surface area contributed by atoms with E-state index in [0.717, 1.165) is 18.1 Å². The number of hydrogen-bond acceptors (Lipinski definition) is 3. The van der Waals surface area contributed by atoms with Gasteiger partial charge in [0.2, 0.25) is 0 Å². The number of nitrogens with one attached hydrogen (secondary N) is 2. The van der Waals surface area contributed by atoms with Crippen LogP contribution in [0.4, 0.5) is 0 Å². The second-order valence-electron chi connectivity index (χ2n) is 6.11. The Morgan fingerprint density at radius 2 is 2.33 bits per heavy atom. The van der Waals surface area contributed by atoms with Crippen LogP contribution < -0.4 is 10.6 Å². The summed E-state index contributed by atoms with van der Waals surface area (Å²) >= 11 is 0. The monoisotopic (exact) mass is 248 g/mol. The zero-order valence-electron chi connectivity index (χ0n) is 11.2. The van der Waals surface area contributed by atoms with Gasteiger partial charge in [-0.2, -0.15) is 0 Å². The first-order valence-corrected chi connectivity index (χ1v) is 7.25. The van der Waals surface area contributed by atoms with Crippen LogP contribution in [0.2, 0.25) is 0 Å².